The first-order valence-corrected chi connectivity index (χ1v) is 25.4. The van der Waals surface area contributed by atoms with Crippen molar-refractivity contribution in [1.29, 1.82) is 0 Å². The number of aliphatic hydroxyl groups is 1. The number of hydrogen-bond acceptors (Lipinski definition) is 11. The number of aromatic nitrogens is 3. The van der Waals surface area contributed by atoms with Crippen LogP contribution in [-0.4, -0.2) is 78.9 Å². The maximum atomic E-state index is 14.2. The first kappa shape index (κ1) is 49.6. The largest absolute Gasteiger partial charge is 0.508 e. The maximum Gasteiger partial charge on any atom is 0.246 e. The molecular formula is C56H55FN6O7S2. The molecule has 0 spiro atoms. The number of carbonyl (C=O) groups excluding carboxylic acids is 3. The molecule has 72 heavy (non-hydrogen) atoms. The average molecular weight is 1010 g/mol. The molecule has 4 N–H and O–H groups in total. The molecule has 5 aromatic carbocycles. The monoisotopic (exact) mass is 1010 g/mol. The summed E-state index contributed by atoms with van der Waals surface area (Å²) in [6, 6.07) is 34.5. The van der Waals surface area contributed by atoms with Crippen LogP contribution in [0.25, 0.3) is 42.2 Å². The lowest BCUT2D eigenvalue weighted by Crippen LogP contribution is -2.57. The number of phenolic OH excluding ortho intramolecular Hbond substituents is 1. The van der Waals surface area contributed by atoms with E-state index < -0.39 is 29.5 Å². The third kappa shape index (κ3) is 11.7. The van der Waals surface area contributed by atoms with Crippen LogP contribution in [-0.2, 0) is 33.9 Å². The van der Waals surface area contributed by atoms with E-state index in [1.807, 2.05) is 129 Å². The number of aryl methyl sites for hydroxylation is 2. The van der Waals surface area contributed by atoms with E-state index >= 15 is 0 Å². The highest BCUT2D eigenvalue weighted by Crippen LogP contribution is 2.47. The Morgan fingerprint density at radius 1 is 0.875 bits per heavy atom. The number of rotatable bonds is 17. The first-order valence-electron chi connectivity index (χ1n) is 23.7. The summed E-state index contributed by atoms with van der Waals surface area (Å²) in [5, 5.41) is 32.3. The minimum Gasteiger partial charge on any atom is -0.508 e. The van der Waals surface area contributed by atoms with E-state index in [1.54, 1.807) is 35.6 Å². The van der Waals surface area contributed by atoms with Gasteiger partial charge < -0.3 is 35.2 Å². The maximum absolute atomic E-state index is 14.2. The fourth-order valence-corrected chi connectivity index (χ4v) is 10.7. The number of β-amino-alcohol motifs (C(OH)–C–C–N with tert-alkyl or cyclic N) is 1. The second kappa shape index (κ2) is 21.5. The van der Waals surface area contributed by atoms with Crippen LogP contribution in [0.2, 0.25) is 0 Å². The highest BCUT2D eigenvalue weighted by molar-refractivity contribution is 7.22. The van der Waals surface area contributed by atoms with Gasteiger partial charge in [-0.1, -0.05) is 75.4 Å². The zero-order valence-corrected chi connectivity index (χ0v) is 41.9. The minimum atomic E-state index is -0.931. The lowest BCUT2D eigenvalue weighted by Gasteiger charge is -2.35. The number of benzene rings is 5. The Kier molecular flexibility index (Phi) is 14.8. The van der Waals surface area contributed by atoms with Crippen LogP contribution in [0.1, 0.15) is 50.4 Å². The van der Waals surface area contributed by atoms with Crippen molar-refractivity contribution in [3.05, 3.63) is 156 Å². The van der Waals surface area contributed by atoms with Crippen LogP contribution >= 0.6 is 22.7 Å². The number of thiazole rings is 1. The van der Waals surface area contributed by atoms with Gasteiger partial charge in [-0.25, -0.2) is 9.37 Å². The molecule has 0 bridgehead atoms. The molecule has 0 aliphatic carbocycles. The van der Waals surface area contributed by atoms with Crippen LogP contribution in [0, 0.1) is 18.2 Å². The Labute approximate surface area is 424 Å². The van der Waals surface area contributed by atoms with Gasteiger partial charge >= 0.3 is 0 Å². The Hall–Kier alpha value is -7.40. The number of nitrogens with one attached hydrogen (secondary N) is 2. The van der Waals surface area contributed by atoms with E-state index in [0.29, 0.717) is 36.8 Å². The zero-order valence-electron chi connectivity index (χ0n) is 40.3. The van der Waals surface area contributed by atoms with E-state index in [9.17, 15) is 29.0 Å². The quantitative estimate of drug-likeness (QED) is 0.0694. The summed E-state index contributed by atoms with van der Waals surface area (Å²) >= 11 is 3.03. The van der Waals surface area contributed by atoms with E-state index in [4.69, 9.17) is 14.6 Å². The van der Waals surface area contributed by atoms with Gasteiger partial charge in [0, 0.05) is 47.8 Å². The SMILES string of the molecule is Cc1ncsc1-c1ccc(CNC(=O)[C@@H]2C[C@@H](O)CN2C(=O)C(NC(=O)CCc2cccc(-c3ccn(CCOc4ccc(Oc5c(-c6ccc(F)cc6)sc6cc(O)ccc56)cc4)n3)c2)C(C)(C)C)cc1. The van der Waals surface area contributed by atoms with Gasteiger partial charge in [-0.15, -0.1) is 22.7 Å². The molecule has 370 valence electrons. The number of nitrogens with zero attached hydrogens (tertiary/aromatic N) is 4. The van der Waals surface area contributed by atoms with Crippen LogP contribution < -0.4 is 20.1 Å². The number of fused-ring (bicyclic) bond motifs is 1. The molecule has 3 atom stereocenters. The van der Waals surface area contributed by atoms with Crippen LogP contribution in [0.3, 0.4) is 0 Å². The number of aromatic hydroxyl groups is 1. The Morgan fingerprint density at radius 3 is 2.35 bits per heavy atom. The summed E-state index contributed by atoms with van der Waals surface area (Å²) in [7, 11) is 0. The molecule has 13 nitrogen and oxygen atoms in total. The van der Waals surface area contributed by atoms with Gasteiger partial charge in [-0.3, -0.25) is 19.1 Å². The van der Waals surface area contributed by atoms with Crippen molar-refractivity contribution in [3.8, 4) is 55.1 Å². The first-order chi connectivity index (χ1) is 34.6. The average Bonchev–Trinajstić information content (AvgIpc) is 4.19. The summed E-state index contributed by atoms with van der Waals surface area (Å²) < 4.78 is 28.9. The van der Waals surface area contributed by atoms with Crippen molar-refractivity contribution in [1.82, 2.24) is 30.3 Å². The number of amides is 3. The van der Waals surface area contributed by atoms with E-state index in [1.165, 1.54) is 28.4 Å². The van der Waals surface area contributed by atoms with Gasteiger partial charge in [-0.05, 0) is 108 Å². The second-order valence-corrected chi connectivity index (χ2v) is 20.9. The molecule has 0 radical (unpaired) electrons. The molecule has 3 aromatic heterocycles. The van der Waals surface area contributed by atoms with Gasteiger partial charge in [0.1, 0.15) is 41.8 Å². The third-order valence-corrected chi connectivity index (χ3v) is 14.7. The number of ether oxygens (including phenoxy) is 2. The number of phenols is 1. The summed E-state index contributed by atoms with van der Waals surface area (Å²) in [4.78, 5) is 48.9. The number of thiophene rings is 1. The van der Waals surface area contributed by atoms with Gasteiger partial charge in [0.25, 0.3) is 0 Å². The smallest absolute Gasteiger partial charge is 0.246 e. The molecule has 0 saturated carbocycles. The van der Waals surface area contributed by atoms with Crippen molar-refractivity contribution in [2.75, 3.05) is 13.2 Å². The molecular weight excluding hydrogens is 952 g/mol. The fourth-order valence-electron chi connectivity index (χ4n) is 8.73. The van der Waals surface area contributed by atoms with Gasteiger partial charge in [-0.2, -0.15) is 5.10 Å². The number of halogens is 1. The van der Waals surface area contributed by atoms with E-state index in [2.05, 4.69) is 15.6 Å². The predicted molar refractivity (Wildman–Crippen MR) is 279 cm³/mol. The van der Waals surface area contributed by atoms with Crippen molar-refractivity contribution >= 4 is 50.5 Å². The third-order valence-electron chi connectivity index (χ3n) is 12.6. The highest BCUT2D eigenvalue weighted by atomic mass is 32.1. The molecule has 8 aromatic rings. The molecule has 4 heterocycles. The van der Waals surface area contributed by atoms with Crippen LogP contribution in [0.15, 0.2) is 133 Å². The van der Waals surface area contributed by atoms with Crippen molar-refractivity contribution in [2.24, 2.45) is 5.41 Å². The number of hydrogen-bond donors (Lipinski definition) is 4. The normalized spacial score (nSPS) is 15.1. The van der Waals surface area contributed by atoms with Gasteiger partial charge in [0.05, 0.1) is 39.3 Å². The van der Waals surface area contributed by atoms with Gasteiger partial charge in [0.15, 0.2) is 5.75 Å². The fraction of sp³-hybridized carbons (Fsp3) is 0.268. The molecule has 16 heteroatoms. The Balaban J connectivity index is 0.756. The predicted octanol–water partition coefficient (Wildman–Crippen LogP) is 10.3. The topological polar surface area (TPSA) is 168 Å². The summed E-state index contributed by atoms with van der Waals surface area (Å²) in [5.41, 5.74) is 7.44. The van der Waals surface area contributed by atoms with Crippen molar-refractivity contribution in [2.45, 2.75) is 78.2 Å². The molecule has 1 fully saturated rings. The zero-order chi connectivity index (χ0) is 50.5. The van der Waals surface area contributed by atoms with Gasteiger partial charge in [0.2, 0.25) is 17.7 Å². The molecule has 3 amide bonds. The summed E-state index contributed by atoms with van der Waals surface area (Å²) in [5.74, 6) is 0.625. The molecule has 1 aliphatic rings. The molecule has 1 saturated heterocycles. The number of likely N-dealkylation sites (tertiary alicyclic amines) is 1. The van der Waals surface area contributed by atoms with Crippen molar-refractivity contribution < 1.29 is 38.5 Å². The number of aliphatic hydroxyl groups excluding tert-OH is 1. The summed E-state index contributed by atoms with van der Waals surface area (Å²) in [6.07, 6.45) is 1.67. The van der Waals surface area contributed by atoms with Crippen LogP contribution in [0.5, 0.6) is 23.0 Å². The molecule has 1 aliphatic heterocycles. The van der Waals surface area contributed by atoms with Crippen LogP contribution in [0.4, 0.5) is 4.39 Å². The summed E-state index contributed by atoms with van der Waals surface area (Å²) in [6.45, 7) is 8.68. The van der Waals surface area contributed by atoms with E-state index in [0.717, 1.165) is 59.0 Å². The Morgan fingerprint density at radius 2 is 1.61 bits per heavy atom. The standard InChI is InChI=1S/C56H55FN6O7S2/c1-34-51(71-33-59-34)37-11-8-36(9-12-37)31-58-54(67)47-29-42(65)32-63(47)55(68)53(56(2,3)4)60-49(66)23-10-35-6-5-7-39(28-35)46-24-25-62(61-46)26-27-69-43-18-20-44(21-19-43)70-50-45-22-17-41(64)30-48(45)72-52(50)38-13-15-40(57)16-14-38/h5-9,11-22,24-25,28,30,33,42,47,53,64-65H,10,23,26-27,29,31-32H2,1-4H3,(H,58,67)(H,60,66)/t42-,47+,53?/m1/s1. The molecule has 1 unspecified atom stereocenters. The Bertz CT molecular complexity index is 3200. The lowest BCUT2D eigenvalue weighted by atomic mass is 9.85. The minimum absolute atomic E-state index is 0.00565. The lowest BCUT2D eigenvalue weighted by molar-refractivity contribution is -0.144. The molecule has 9 rings (SSSR count). The van der Waals surface area contributed by atoms with E-state index in [-0.39, 0.29) is 49.3 Å². The van der Waals surface area contributed by atoms with Crippen molar-refractivity contribution in [3.63, 3.8) is 0 Å². The highest BCUT2D eigenvalue weighted by Gasteiger charge is 2.44. The number of carbonyl (C=O) groups is 3. The second-order valence-electron chi connectivity index (χ2n) is 19.0.